The number of carboxylic acids is 1. The molecule has 1 fully saturated rings. The molecule has 298 valence electrons. The number of aliphatic hydroxyl groups excluding tert-OH is 2. The molecule has 29 heteroatoms. The number of ether oxygens (including phenoxy) is 1. The number of rotatable bonds is 21. The minimum absolute atomic E-state index is 0.0305. The molecule has 0 aromatic carbocycles. The molecule has 7 N–H and O–H groups in total. The van der Waals surface area contributed by atoms with Crippen LogP contribution in [-0.4, -0.2) is 109 Å². The number of aliphatic hydroxyl groups is 2. The van der Waals surface area contributed by atoms with Crippen molar-refractivity contribution in [3.8, 4) is 0 Å². The third-order valence-electron chi connectivity index (χ3n) is 7.13. The number of phosphoric acid groups is 3. The summed E-state index contributed by atoms with van der Waals surface area (Å²) in [5, 5.41) is 34.3. The Balaban J connectivity index is 1.53. The van der Waals surface area contributed by atoms with Crippen molar-refractivity contribution in [3.63, 3.8) is 0 Å². The number of nitrogens with one attached hydrogen (secondary N) is 2. The summed E-state index contributed by atoms with van der Waals surface area (Å²) in [5.74, 6) is -3.74. The van der Waals surface area contributed by atoms with Gasteiger partial charge >= 0.3 is 5.97 Å². The first kappa shape index (κ1) is 44.1. The fourth-order valence-electron chi connectivity index (χ4n) is 4.52. The molecule has 1 saturated heterocycles. The van der Waals surface area contributed by atoms with Crippen LogP contribution in [0.15, 0.2) is 12.7 Å². The molecule has 7 atom stereocenters. The number of imidazole rings is 1. The Morgan fingerprint density at radius 2 is 1.68 bits per heavy atom. The molecule has 0 radical (unpaired) electrons. The molecule has 0 saturated carbocycles. The Morgan fingerprint density at radius 3 is 2.32 bits per heavy atom. The fourth-order valence-corrected chi connectivity index (χ4v) is 7.25. The number of carbonyl (C=O) groups is 4. The Hall–Kier alpha value is -3.32. The van der Waals surface area contributed by atoms with Crippen LogP contribution < -0.4 is 35.9 Å². The molecule has 2 amide bonds. The summed E-state index contributed by atoms with van der Waals surface area (Å²) in [4.78, 5) is 105. The third-order valence-corrected chi connectivity index (χ3v) is 10.1. The van der Waals surface area contributed by atoms with Crippen molar-refractivity contribution in [1.82, 2.24) is 30.2 Å². The van der Waals surface area contributed by atoms with Crippen molar-refractivity contribution in [1.29, 1.82) is 0 Å². The molecule has 0 bridgehead atoms. The second-order valence-corrected chi connectivity index (χ2v) is 15.9. The lowest BCUT2D eigenvalue weighted by atomic mass is 9.87. The van der Waals surface area contributed by atoms with Gasteiger partial charge in [-0.05, 0) is 0 Å². The average Bonchev–Trinajstić information content (AvgIpc) is 3.58. The summed E-state index contributed by atoms with van der Waals surface area (Å²) in [6, 6.07) is 0. The first-order valence-electron chi connectivity index (χ1n) is 15.0. The van der Waals surface area contributed by atoms with E-state index in [9.17, 15) is 62.7 Å². The smallest absolute Gasteiger partial charge is 0.310 e. The molecule has 53 heavy (non-hydrogen) atoms. The summed E-state index contributed by atoms with van der Waals surface area (Å²) in [6.07, 6.45) is -8.80. The minimum atomic E-state index is -5.93. The Bertz CT molecular complexity index is 1800. The van der Waals surface area contributed by atoms with Crippen LogP contribution in [0.3, 0.4) is 0 Å². The van der Waals surface area contributed by atoms with E-state index in [0.29, 0.717) is 0 Å². The van der Waals surface area contributed by atoms with Gasteiger partial charge in [0.25, 0.3) is 15.6 Å². The lowest BCUT2D eigenvalue weighted by Gasteiger charge is -2.36. The average molecular weight is 817 g/mol. The minimum Gasteiger partial charge on any atom is -0.790 e. The number of anilines is 1. The van der Waals surface area contributed by atoms with E-state index in [1.165, 1.54) is 0 Å². The standard InChI is InChI=1S/C24H38N7O19P3/c1-24(2,19(37)22(38)27-6-4-14(33)26-5-3-12(32)7-15(34)35)9-47-53(44,45)50-52(42,43)46-8-13-18(49-51(39,40)41)17(36)23(48-13)31-11-30-16-20(25)28-10-29-21(16)31/h10-11,13,17-19,23,36-37H,3-9H2,1-2H3,(H,26,33)(H,27,38)(H,34,35)(H,42,43)(H,44,45)(H2,25,28,29)(H2,39,40,41)/p-4. The SMILES string of the molecule is CC(C)(COP(=O)([O-])OP(=O)([O-])OCC1OC(n2cnc3c(N)ncnc32)C(O)C1OP(=O)([O-])[O-])C(O)C(=O)NCCC(=O)NCCC(=O)CC(=O)O. The van der Waals surface area contributed by atoms with Gasteiger partial charge < -0.3 is 74.1 Å². The highest BCUT2D eigenvalue weighted by Crippen LogP contribution is 2.56. The summed E-state index contributed by atoms with van der Waals surface area (Å²) in [5.41, 5.74) is 3.98. The van der Waals surface area contributed by atoms with Gasteiger partial charge in [0.05, 0.1) is 27.4 Å². The number of carboxylic acid groups (broad SMARTS) is 1. The van der Waals surface area contributed by atoms with Crippen LogP contribution in [0.25, 0.3) is 11.2 Å². The molecule has 1 aliphatic heterocycles. The van der Waals surface area contributed by atoms with Crippen LogP contribution in [0.5, 0.6) is 0 Å². The molecular formula is C24H34N7O19P3-4. The second-order valence-electron chi connectivity index (χ2n) is 11.8. The van der Waals surface area contributed by atoms with Gasteiger partial charge in [0, 0.05) is 31.3 Å². The van der Waals surface area contributed by atoms with Crippen LogP contribution in [0, 0.1) is 5.41 Å². The number of amides is 2. The number of nitrogen functional groups attached to an aromatic ring is 1. The molecule has 0 aliphatic carbocycles. The second kappa shape index (κ2) is 17.9. The zero-order chi connectivity index (χ0) is 39.9. The molecular weight excluding hydrogens is 783 g/mol. The highest BCUT2D eigenvalue weighted by Gasteiger charge is 2.47. The number of ketones is 1. The molecule has 3 rings (SSSR count). The first-order valence-corrected chi connectivity index (χ1v) is 19.3. The monoisotopic (exact) mass is 817 g/mol. The van der Waals surface area contributed by atoms with Gasteiger partial charge in [0.1, 0.15) is 48.5 Å². The van der Waals surface area contributed by atoms with Crippen LogP contribution in [0.4, 0.5) is 5.82 Å². The summed E-state index contributed by atoms with van der Waals surface area (Å²) in [6.45, 7) is -0.497. The summed E-state index contributed by atoms with van der Waals surface area (Å²) in [7, 11) is -17.6. The van der Waals surface area contributed by atoms with Gasteiger partial charge in [-0.25, -0.2) is 19.3 Å². The van der Waals surface area contributed by atoms with Crippen molar-refractivity contribution < 1.29 is 90.4 Å². The Kier molecular flexibility index (Phi) is 14.9. The van der Waals surface area contributed by atoms with E-state index in [1.54, 1.807) is 0 Å². The van der Waals surface area contributed by atoms with Crippen molar-refractivity contribution >= 4 is 64.0 Å². The van der Waals surface area contributed by atoms with E-state index in [-0.39, 0.29) is 42.9 Å². The predicted molar refractivity (Wildman–Crippen MR) is 163 cm³/mol. The van der Waals surface area contributed by atoms with Gasteiger partial charge in [-0.15, -0.1) is 0 Å². The van der Waals surface area contributed by atoms with Crippen LogP contribution in [0.2, 0.25) is 0 Å². The van der Waals surface area contributed by atoms with E-state index in [2.05, 4.69) is 43.5 Å². The van der Waals surface area contributed by atoms with E-state index >= 15 is 0 Å². The van der Waals surface area contributed by atoms with Gasteiger partial charge in [-0.2, -0.15) is 0 Å². The van der Waals surface area contributed by atoms with Crippen LogP contribution in [-0.2, 0) is 55.5 Å². The largest absolute Gasteiger partial charge is 0.790 e. The number of hydrogen-bond acceptors (Lipinski definition) is 22. The van der Waals surface area contributed by atoms with E-state index < -0.39 is 103 Å². The van der Waals surface area contributed by atoms with Gasteiger partial charge in [0.2, 0.25) is 11.8 Å². The van der Waals surface area contributed by atoms with Crippen LogP contribution in [0.1, 0.15) is 39.3 Å². The topological polar surface area (TPSA) is 412 Å². The lowest BCUT2D eigenvalue weighted by Crippen LogP contribution is -2.46. The fraction of sp³-hybridized carbons (Fsp3) is 0.625. The quantitative estimate of drug-likeness (QED) is 0.0509. The van der Waals surface area contributed by atoms with Crippen molar-refractivity contribution in [3.05, 3.63) is 12.7 Å². The van der Waals surface area contributed by atoms with Crippen molar-refractivity contribution in [2.24, 2.45) is 5.41 Å². The zero-order valence-electron chi connectivity index (χ0n) is 27.6. The number of aromatic nitrogens is 4. The first-order chi connectivity index (χ1) is 24.4. The zero-order valence-corrected chi connectivity index (χ0v) is 30.3. The normalized spacial score (nSPS) is 22.1. The molecule has 0 spiro atoms. The number of Topliss-reactive ketones (excluding diaryl/α,β-unsaturated/α-hetero) is 1. The Labute approximate surface area is 298 Å². The molecule has 7 unspecified atom stereocenters. The van der Waals surface area contributed by atoms with Crippen molar-refractivity contribution in [2.75, 3.05) is 32.0 Å². The maximum atomic E-state index is 12.4. The molecule has 3 heterocycles. The molecule has 2 aromatic rings. The van der Waals surface area contributed by atoms with E-state index in [4.69, 9.17) is 15.6 Å². The number of aliphatic carboxylic acids is 1. The molecule has 26 nitrogen and oxygen atoms in total. The maximum Gasteiger partial charge on any atom is 0.310 e. The van der Waals surface area contributed by atoms with Gasteiger partial charge in [0.15, 0.2) is 17.7 Å². The molecule has 1 aliphatic rings. The van der Waals surface area contributed by atoms with Gasteiger partial charge in [-0.1, -0.05) is 13.8 Å². The number of carbonyl (C=O) groups excluding carboxylic acids is 3. The third kappa shape index (κ3) is 13.2. The maximum absolute atomic E-state index is 12.4. The lowest BCUT2D eigenvalue weighted by molar-refractivity contribution is -0.347. The summed E-state index contributed by atoms with van der Waals surface area (Å²) >= 11 is 0. The van der Waals surface area contributed by atoms with Crippen LogP contribution >= 0.6 is 23.5 Å². The van der Waals surface area contributed by atoms with Crippen molar-refractivity contribution in [2.45, 2.75) is 63.8 Å². The highest BCUT2D eigenvalue weighted by molar-refractivity contribution is 7.59. The summed E-state index contributed by atoms with van der Waals surface area (Å²) < 4.78 is 60.1. The number of nitrogens with two attached hydrogens (primary N) is 1. The number of hydrogen-bond donors (Lipinski definition) is 6. The van der Waals surface area contributed by atoms with Gasteiger partial charge in [-0.3, -0.25) is 32.9 Å². The Morgan fingerprint density at radius 1 is 1.04 bits per heavy atom. The predicted octanol–water partition coefficient (Wildman–Crippen LogP) is -4.69. The van der Waals surface area contributed by atoms with E-state index in [1.807, 2.05) is 0 Å². The number of phosphoric ester groups is 3. The highest BCUT2D eigenvalue weighted by atomic mass is 31.3. The molecule has 2 aromatic heterocycles. The number of fused-ring (bicyclic) bond motifs is 1. The number of nitrogens with zero attached hydrogens (tertiary/aromatic N) is 4. The van der Waals surface area contributed by atoms with E-state index in [0.717, 1.165) is 31.1 Å².